The Kier molecular flexibility index (Phi) is 6.09. The second-order valence-corrected chi connectivity index (χ2v) is 5.36. The molecule has 0 saturated carbocycles. The van der Waals surface area contributed by atoms with E-state index in [0.717, 1.165) is 38.9 Å². The quantitative estimate of drug-likeness (QED) is 0.688. The summed E-state index contributed by atoms with van der Waals surface area (Å²) >= 11 is 0. The molecule has 0 spiro atoms. The van der Waals surface area contributed by atoms with Crippen LogP contribution in [-0.4, -0.2) is 22.8 Å². The number of aliphatic hydroxyl groups is 1. The number of hydrogen-bond acceptors (Lipinski definition) is 2. The topological polar surface area (TPSA) is 37.2 Å². The highest BCUT2D eigenvalue weighted by molar-refractivity contribution is 5.80. The third-order valence-electron chi connectivity index (χ3n) is 3.65. The van der Waals surface area contributed by atoms with E-state index in [0.29, 0.717) is 6.61 Å². The van der Waals surface area contributed by atoms with E-state index in [1.807, 2.05) is 0 Å². The minimum absolute atomic E-state index is 0.305. The van der Waals surface area contributed by atoms with Crippen LogP contribution in [0, 0.1) is 0 Å². The van der Waals surface area contributed by atoms with Gasteiger partial charge in [0.15, 0.2) is 0 Å². The van der Waals surface area contributed by atoms with Crippen molar-refractivity contribution in [1.29, 1.82) is 0 Å². The predicted octanol–water partition coefficient (Wildman–Crippen LogP) is 3.30. The van der Waals surface area contributed by atoms with Crippen LogP contribution in [0.15, 0.2) is 30.5 Å². The van der Waals surface area contributed by atoms with Gasteiger partial charge >= 0.3 is 0 Å². The van der Waals surface area contributed by atoms with Crippen molar-refractivity contribution in [3.63, 3.8) is 0 Å². The van der Waals surface area contributed by atoms with Crippen LogP contribution in [0.1, 0.15) is 38.2 Å². The van der Waals surface area contributed by atoms with Crippen LogP contribution in [0.3, 0.4) is 0 Å². The molecule has 0 fully saturated rings. The maximum absolute atomic E-state index is 8.82. The van der Waals surface area contributed by atoms with Gasteiger partial charge in [0, 0.05) is 31.4 Å². The van der Waals surface area contributed by atoms with Gasteiger partial charge in [0.2, 0.25) is 0 Å². The van der Waals surface area contributed by atoms with Crippen molar-refractivity contribution >= 4 is 10.9 Å². The number of benzene rings is 1. The molecule has 1 heterocycles. The van der Waals surface area contributed by atoms with Crippen LogP contribution in [0.4, 0.5) is 0 Å². The summed E-state index contributed by atoms with van der Waals surface area (Å²) in [5, 5.41) is 13.6. The van der Waals surface area contributed by atoms with Crippen LogP contribution in [0.2, 0.25) is 0 Å². The molecule has 0 unspecified atom stereocenters. The summed E-state index contributed by atoms with van der Waals surface area (Å²) in [5.74, 6) is 0. The summed E-state index contributed by atoms with van der Waals surface area (Å²) in [6, 6.07) is 8.90. The van der Waals surface area contributed by atoms with Crippen molar-refractivity contribution in [1.82, 2.24) is 9.88 Å². The Morgan fingerprint density at radius 1 is 1.15 bits per heavy atom. The van der Waals surface area contributed by atoms with E-state index in [1.165, 1.54) is 22.9 Å². The predicted molar refractivity (Wildman–Crippen MR) is 84.9 cm³/mol. The maximum Gasteiger partial charge on any atom is 0.0483 e. The molecular formula is C17H26N2O. The Labute approximate surface area is 121 Å². The summed E-state index contributed by atoms with van der Waals surface area (Å²) in [4.78, 5) is 0. The molecule has 20 heavy (non-hydrogen) atoms. The Bertz CT molecular complexity index is 519. The number of nitrogens with one attached hydrogen (secondary N) is 1. The Balaban J connectivity index is 2.01. The lowest BCUT2D eigenvalue weighted by atomic mass is 10.1. The van der Waals surface area contributed by atoms with Crippen LogP contribution in [0.5, 0.6) is 0 Å². The SMILES string of the molecule is CCCNCc1ccc2ccn(CCCCCO)c2c1. The number of aromatic nitrogens is 1. The summed E-state index contributed by atoms with van der Waals surface area (Å²) in [6.07, 6.45) is 6.47. The zero-order chi connectivity index (χ0) is 14.2. The molecule has 2 N–H and O–H groups in total. The van der Waals surface area contributed by atoms with Crippen molar-refractivity contribution in [2.75, 3.05) is 13.2 Å². The summed E-state index contributed by atoms with van der Waals surface area (Å²) < 4.78 is 2.33. The van der Waals surface area contributed by atoms with E-state index in [1.54, 1.807) is 0 Å². The van der Waals surface area contributed by atoms with Crippen LogP contribution in [0.25, 0.3) is 10.9 Å². The summed E-state index contributed by atoms with van der Waals surface area (Å²) in [7, 11) is 0. The first kappa shape index (κ1) is 15.1. The highest BCUT2D eigenvalue weighted by Gasteiger charge is 2.02. The number of aryl methyl sites for hydroxylation is 1. The first-order valence-electron chi connectivity index (χ1n) is 7.74. The van der Waals surface area contributed by atoms with Crippen molar-refractivity contribution in [2.45, 2.75) is 45.7 Å². The molecule has 2 aromatic rings. The Hall–Kier alpha value is -1.32. The number of rotatable bonds is 9. The Morgan fingerprint density at radius 2 is 2.05 bits per heavy atom. The maximum atomic E-state index is 8.82. The van der Waals surface area contributed by atoms with Gasteiger partial charge in [-0.05, 0) is 55.3 Å². The number of fused-ring (bicyclic) bond motifs is 1. The third-order valence-corrected chi connectivity index (χ3v) is 3.65. The molecule has 1 aromatic heterocycles. The standard InChI is InChI=1S/C17H26N2O/c1-2-9-18-14-15-6-7-16-8-11-19(17(16)13-15)10-4-3-5-12-20/h6-8,11,13,18,20H,2-5,9-10,12,14H2,1H3. The van der Waals surface area contributed by atoms with E-state index in [2.05, 4.69) is 47.3 Å². The number of unbranched alkanes of at least 4 members (excludes halogenated alkanes) is 2. The van der Waals surface area contributed by atoms with Gasteiger partial charge in [0.25, 0.3) is 0 Å². The zero-order valence-electron chi connectivity index (χ0n) is 12.4. The minimum Gasteiger partial charge on any atom is -0.396 e. The molecule has 0 aliphatic rings. The van der Waals surface area contributed by atoms with Crippen molar-refractivity contribution in [3.8, 4) is 0 Å². The fourth-order valence-corrected chi connectivity index (χ4v) is 2.51. The smallest absolute Gasteiger partial charge is 0.0483 e. The number of nitrogens with zero attached hydrogens (tertiary/aromatic N) is 1. The van der Waals surface area contributed by atoms with Crippen LogP contribution in [-0.2, 0) is 13.1 Å². The lowest BCUT2D eigenvalue weighted by Gasteiger charge is -2.07. The largest absolute Gasteiger partial charge is 0.396 e. The van der Waals surface area contributed by atoms with Gasteiger partial charge in [-0.25, -0.2) is 0 Å². The molecule has 0 aliphatic heterocycles. The average molecular weight is 274 g/mol. The lowest BCUT2D eigenvalue weighted by Crippen LogP contribution is -2.13. The molecule has 0 radical (unpaired) electrons. The van der Waals surface area contributed by atoms with E-state index < -0.39 is 0 Å². The van der Waals surface area contributed by atoms with Crippen molar-refractivity contribution in [3.05, 3.63) is 36.0 Å². The fourth-order valence-electron chi connectivity index (χ4n) is 2.51. The van der Waals surface area contributed by atoms with E-state index in [9.17, 15) is 0 Å². The Morgan fingerprint density at radius 3 is 2.85 bits per heavy atom. The van der Waals surface area contributed by atoms with Gasteiger partial charge < -0.3 is 15.0 Å². The fraction of sp³-hybridized carbons (Fsp3) is 0.529. The molecule has 3 heteroatoms. The van der Waals surface area contributed by atoms with Crippen molar-refractivity contribution < 1.29 is 5.11 Å². The van der Waals surface area contributed by atoms with Gasteiger partial charge in [-0.2, -0.15) is 0 Å². The summed E-state index contributed by atoms with van der Waals surface area (Å²) in [6.45, 7) is 5.54. The molecule has 110 valence electrons. The first-order chi connectivity index (χ1) is 9.85. The average Bonchev–Trinajstić information content (AvgIpc) is 2.87. The third kappa shape index (κ3) is 4.09. The van der Waals surface area contributed by atoms with E-state index in [-0.39, 0.29) is 0 Å². The second kappa shape index (κ2) is 8.08. The highest BCUT2D eigenvalue weighted by Crippen LogP contribution is 2.18. The monoisotopic (exact) mass is 274 g/mol. The number of hydrogen-bond donors (Lipinski definition) is 2. The van der Waals surface area contributed by atoms with E-state index >= 15 is 0 Å². The zero-order valence-corrected chi connectivity index (χ0v) is 12.4. The highest BCUT2D eigenvalue weighted by atomic mass is 16.2. The van der Waals surface area contributed by atoms with Crippen LogP contribution < -0.4 is 5.32 Å². The number of aliphatic hydroxyl groups excluding tert-OH is 1. The van der Waals surface area contributed by atoms with Gasteiger partial charge in [-0.15, -0.1) is 0 Å². The second-order valence-electron chi connectivity index (χ2n) is 5.36. The molecule has 0 bridgehead atoms. The van der Waals surface area contributed by atoms with Gasteiger partial charge in [-0.1, -0.05) is 19.1 Å². The van der Waals surface area contributed by atoms with Crippen LogP contribution >= 0.6 is 0 Å². The molecular weight excluding hydrogens is 248 g/mol. The molecule has 0 aliphatic carbocycles. The molecule has 0 atom stereocenters. The normalized spacial score (nSPS) is 11.3. The molecule has 0 amide bonds. The minimum atomic E-state index is 0.305. The first-order valence-corrected chi connectivity index (χ1v) is 7.74. The summed E-state index contributed by atoms with van der Waals surface area (Å²) in [5.41, 5.74) is 2.67. The van der Waals surface area contributed by atoms with Gasteiger partial charge in [-0.3, -0.25) is 0 Å². The van der Waals surface area contributed by atoms with Gasteiger partial charge in [0.1, 0.15) is 0 Å². The van der Waals surface area contributed by atoms with E-state index in [4.69, 9.17) is 5.11 Å². The molecule has 0 saturated heterocycles. The van der Waals surface area contributed by atoms with Gasteiger partial charge in [0.05, 0.1) is 0 Å². The lowest BCUT2D eigenvalue weighted by molar-refractivity contribution is 0.282. The molecule has 2 rings (SSSR count). The molecule has 3 nitrogen and oxygen atoms in total. The van der Waals surface area contributed by atoms with Crippen molar-refractivity contribution in [2.24, 2.45) is 0 Å². The molecule has 1 aromatic carbocycles.